The third kappa shape index (κ3) is 3.32. The summed E-state index contributed by atoms with van der Waals surface area (Å²) in [4.78, 5) is 8.09. The fourth-order valence-electron chi connectivity index (χ4n) is 1.30. The minimum Gasteiger partial charge on any atom is -0.439 e. The molecular weight excluding hydrogens is 238 g/mol. The number of anilines is 1. The van der Waals surface area contributed by atoms with E-state index < -0.39 is 0 Å². The van der Waals surface area contributed by atoms with Gasteiger partial charge in [0.05, 0.1) is 0 Å². The minimum absolute atomic E-state index is 0.498. The molecule has 1 aromatic heterocycles. The van der Waals surface area contributed by atoms with Gasteiger partial charge in [-0.15, -0.1) is 0 Å². The Morgan fingerprint density at radius 3 is 2.71 bits per heavy atom. The topological polar surface area (TPSA) is 47.0 Å². The monoisotopic (exact) mass is 249 g/mol. The summed E-state index contributed by atoms with van der Waals surface area (Å²) in [5, 5.41) is 3.77. The van der Waals surface area contributed by atoms with Crippen molar-refractivity contribution in [3.05, 3.63) is 41.7 Å². The van der Waals surface area contributed by atoms with Crippen molar-refractivity contribution in [3.8, 4) is 11.6 Å². The maximum Gasteiger partial charge on any atom is 0.224 e. The summed E-state index contributed by atoms with van der Waals surface area (Å²) in [5.74, 6) is 1.93. The Morgan fingerprint density at radius 1 is 1.24 bits per heavy atom. The van der Waals surface area contributed by atoms with Crippen LogP contribution < -0.4 is 10.1 Å². The highest BCUT2D eigenvalue weighted by Crippen LogP contribution is 2.22. The third-order valence-electron chi connectivity index (χ3n) is 2.04. The van der Waals surface area contributed by atoms with Crippen LogP contribution in [0.5, 0.6) is 11.6 Å². The standard InChI is InChI=1S/C12H12ClN3O/c1-2-14-11-7-12(16-8-15-11)17-10-5-3-9(13)4-6-10/h3-8H,2H2,1H3,(H,14,15,16). The summed E-state index contributed by atoms with van der Waals surface area (Å²) in [7, 11) is 0. The zero-order chi connectivity index (χ0) is 12.1. The molecule has 0 atom stereocenters. The van der Waals surface area contributed by atoms with Crippen LogP contribution in [0.2, 0.25) is 5.02 Å². The van der Waals surface area contributed by atoms with Gasteiger partial charge >= 0.3 is 0 Å². The predicted octanol–water partition coefficient (Wildman–Crippen LogP) is 3.35. The first kappa shape index (κ1) is 11.7. The van der Waals surface area contributed by atoms with Crippen LogP contribution in [-0.4, -0.2) is 16.5 Å². The molecule has 4 nitrogen and oxygen atoms in total. The third-order valence-corrected chi connectivity index (χ3v) is 2.29. The summed E-state index contributed by atoms with van der Waals surface area (Å²) in [5.41, 5.74) is 0. The molecule has 0 saturated carbocycles. The number of hydrogen-bond donors (Lipinski definition) is 1. The van der Waals surface area contributed by atoms with Crippen molar-refractivity contribution >= 4 is 17.4 Å². The van der Waals surface area contributed by atoms with Crippen LogP contribution in [0.25, 0.3) is 0 Å². The lowest BCUT2D eigenvalue weighted by Crippen LogP contribution is -2.00. The van der Waals surface area contributed by atoms with E-state index >= 15 is 0 Å². The molecule has 0 bridgehead atoms. The van der Waals surface area contributed by atoms with Gasteiger partial charge in [-0.2, -0.15) is 0 Å². The Bertz CT molecular complexity index is 487. The van der Waals surface area contributed by atoms with Gasteiger partial charge in [-0.05, 0) is 31.2 Å². The van der Waals surface area contributed by atoms with Crippen molar-refractivity contribution in [3.63, 3.8) is 0 Å². The molecule has 0 fully saturated rings. The maximum atomic E-state index is 5.79. The Balaban J connectivity index is 2.12. The quantitative estimate of drug-likeness (QED) is 0.903. The smallest absolute Gasteiger partial charge is 0.224 e. The molecule has 1 N–H and O–H groups in total. The second-order valence-corrected chi connectivity index (χ2v) is 3.76. The molecule has 0 aliphatic heterocycles. The minimum atomic E-state index is 0.498. The summed E-state index contributed by atoms with van der Waals surface area (Å²) in [6, 6.07) is 8.86. The van der Waals surface area contributed by atoms with Crippen molar-refractivity contribution in [2.24, 2.45) is 0 Å². The van der Waals surface area contributed by atoms with Gasteiger partial charge in [0.25, 0.3) is 0 Å². The molecule has 0 radical (unpaired) electrons. The first-order chi connectivity index (χ1) is 8.28. The van der Waals surface area contributed by atoms with Crippen molar-refractivity contribution in [1.82, 2.24) is 9.97 Å². The molecule has 17 heavy (non-hydrogen) atoms. The van der Waals surface area contributed by atoms with Gasteiger partial charge in [0, 0.05) is 17.6 Å². The number of aromatic nitrogens is 2. The summed E-state index contributed by atoms with van der Waals surface area (Å²) in [6.07, 6.45) is 1.46. The molecular formula is C12H12ClN3O. The normalized spacial score (nSPS) is 10.0. The van der Waals surface area contributed by atoms with Crippen LogP contribution in [0.3, 0.4) is 0 Å². The predicted molar refractivity (Wildman–Crippen MR) is 67.7 cm³/mol. The zero-order valence-electron chi connectivity index (χ0n) is 9.35. The van der Waals surface area contributed by atoms with Gasteiger partial charge in [0.1, 0.15) is 17.9 Å². The van der Waals surface area contributed by atoms with Gasteiger partial charge in [-0.3, -0.25) is 0 Å². The molecule has 0 aliphatic rings. The fourth-order valence-corrected chi connectivity index (χ4v) is 1.42. The van der Waals surface area contributed by atoms with Gasteiger partial charge in [0.15, 0.2) is 0 Å². The van der Waals surface area contributed by atoms with Crippen molar-refractivity contribution < 1.29 is 4.74 Å². The van der Waals surface area contributed by atoms with Gasteiger partial charge in [0.2, 0.25) is 5.88 Å². The number of nitrogens with zero attached hydrogens (tertiary/aromatic N) is 2. The van der Waals surface area contributed by atoms with Gasteiger partial charge in [-0.25, -0.2) is 9.97 Å². The van der Waals surface area contributed by atoms with E-state index in [0.717, 1.165) is 12.4 Å². The molecule has 0 saturated heterocycles. The molecule has 2 rings (SSSR count). The fraction of sp³-hybridized carbons (Fsp3) is 0.167. The molecule has 1 aromatic carbocycles. The van der Waals surface area contributed by atoms with E-state index in [0.29, 0.717) is 16.7 Å². The maximum absolute atomic E-state index is 5.79. The van der Waals surface area contributed by atoms with Crippen molar-refractivity contribution in [2.45, 2.75) is 6.92 Å². The van der Waals surface area contributed by atoms with E-state index in [9.17, 15) is 0 Å². The molecule has 2 aromatic rings. The van der Waals surface area contributed by atoms with Gasteiger partial charge in [-0.1, -0.05) is 11.6 Å². The van der Waals surface area contributed by atoms with E-state index in [1.165, 1.54) is 6.33 Å². The molecule has 0 spiro atoms. The van der Waals surface area contributed by atoms with E-state index in [1.54, 1.807) is 30.3 Å². The first-order valence-corrected chi connectivity index (χ1v) is 5.65. The molecule has 0 aliphatic carbocycles. The summed E-state index contributed by atoms with van der Waals surface area (Å²) in [6.45, 7) is 2.80. The second-order valence-electron chi connectivity index (χ2n) is 3.33. The second kappa shape index (κ2) is 5.50. The lowest BCUT2D eigenvalue weighted by atomic mass is 10.3. The molecule has 88 valence electrons. The first-order valence-electron chi connectivity index (χ1n) is 5.27. The summed E-state index contributed by atoms with van der Waals surface area (Å²) < 4.78 is 5.57. The van der Waals surface area contributed by atoms with Crippen LogP contribution in [0.4, 0.5) is 5.82 Å². The highest BCUT2D eigenvalue weighted by Gasteiger charge is 2.00. The lowest BCUT2D eigenvalue weighted by Gasteiger charge is -2.06. The number of nitrogens with one attached hydrogen (secondary N) is 1. The van der Waals surface area contributed by atoms with Crippen LogP contribution >= 0.6 is 11.6 Å². The Morgan fingerprint density at radius 2 is 2.00 bits per heavy atom. The number of rotatable bonds is 4. The molecule has 0 amide bonds. The highest BCUT2D eigenvalue weighted by molar-refractivity contribution is 6.30. The van der Waals surface area contributed by atoms with E-state index in [2.05, 4.69) is 15.3 Å². The number of halogens is 1. The number of hydrogen-bond acceptors (Lipinski definition) is 4. The van der Waals surface area contributed by atoms with E-state index in [1.807, 2.05) is 6.92 Å². The zero-order valence-corrected chi connectivity index (χ0v) is 10.1. The Hall–Kier alpha value is -1.81. The molecule has 1 heterocycles. The van der Waals surface area contributed by atoms with Crippen LogP contribution in [0.15, 0.2) is 36.7 Å². The van der Waals surface area contributed by atoms with Crippen LogP contribution in [0, 0.1) is 0 Å². The molecule has 0 unspecified atom stereocenters. The highest BCUT2D eigenvalue weighted by atomic mass is 35.5. The van der Waals surface area contributed by atoms with Gasteiger partial charge < -0.3 is 10.1 Å². The van der Waals surface area contributed by atoms with Crippen LogP contribution in [0.1, 0.15) is 6.92 Å². The van der Waals surface area contributed by atoms with E-state index in [4.69, 9.17) is 16.3 Å². The number of ether oxygens (including phenoxy) is 1. The Kier molecular flexibility index (Phi) is 3.77. The van der Waals surface area contributed by atoms with Crippen LogP contribution in [-0.2, 0) is 0 Å². The molecule has 5 heteroatoms. The number of benzene rings is 1. The SMILES string of the molecule is CCNc1cc(Oc2ccc(Cl)cc2)ncn1. The Labute approximate surface area is 105 Å². The largest absolute Gasteiger partial charge is 0.439 e. The van der Waals surface area contributed by atoms with Crippen molar-refractivity contribution in [1.29, 1.82) is 0 Å². The van der Waals surface area contributed by atoms with E-state index in [-0.39, 0.29) is 0 Å². The lowest BCUT2D eigenvalue weighted by molar-refractivity contribution is 0.462. The van der Waals surface area contributed by atoms with Crippen molar-refractivity contribution in [2.75, 3.05) is 11.9 Å². The average Bonchev–Trinajstić information content (AvgIpc) is 2.33. The average molecular weight is 250 g/mol. The summed E-state index contributed by atoms with van der Waals surface area (Å²) >= 11 is 5.79.